The van der Waals surface area contributed by atoms with Crippen LogP contribution in [-0.4, -0.2) is 13.1 Å². The molecule has 0 aliphatic rings. The molecule has 0 bridgehead atoms. The van der Waals surface area contributed by atoms with Crippen LogP contribution < -0.4 is 0 Å². The largest absolute Gasteiger partial charge is 0.194 e. The molecule has 2 heteroatoms. The Balaban J connectivity index is 3.28. The number of azo groups is 1. The molecule has 0 aromatic heterocycles. The lowest BCUT2D eigenvalue weighted by Crippen LogP contribution is -1.81. The molecule has 0 aliphatic heterocycles. The minimum absolute atomic E-state index is 0.800. The highest BCUT2D eigenvalue weighted by molar-refractivity contribution is 4.95. The van der Waals surface area contributed by atoms with E-state index in [1.165, 1.54) is 5.57 Å². The van der Waals surface area contributed by atoms with Gasteiger partial charge in [-0.3, -0.25) is 0 Å². The quantitative estimate of drug-likeness (QED) is 0.424. The molecule has 2 nitrogen and oxygen atoms in total. The molecule has 0 aliphatic carbocycles. The van der Waals surface area contributed by atoms with Gasteiger partial charge in [0, 0.05) is 0 Å². The summed E-state index contributed by atoms with van der Waals surface area (Å²) in [6.07, 6.45) is 3.15. The summed E-state index contributed by atoms with van der Waals surface area (Å²) in [6, 6.07) is 0. The van der Waals surface area contributed by atoms with Crippen LogP contribution in [0.25, 0.3) is 0 Å². The van der Waals surface area contributed by atoms with Crippen molar-refractivity contribution in [1.29, 1.82) is 0 Å². The van der Waals surface area contributed by atoms with E-state index in [2.05, 4.69) is 23.2 Å². The first-order valence-electron chi connectivity index (χ1n) is 3.76. The Bertz CT molecular complexity index is 125. The Morgan fingerprint density at radius 3 is 2.60 bits per heavy atom. The van der Waals surface area contributed by atoms with Crippen molar-refractivity contribution in [3.05, 3.63) is 11.6 Å². The summed E-state index contributed by atoms with van der Waals surface area (Å²) in [6.45, 7) is 7.79. The van der Waals surface area contributed by atoms with Gasteiger partial charge < -0.3 is 0 Å². The van der Waals surface area contributed by atoms with E-state index in [0.717, 1.165) is 19.5 Å². The lowest BCUT2D eigenvalue weighted by molar-refractivity contribution is 0.841. The van der Waals surface area contributed by atoms with Crippen molar-refractivity contribution in [2.45, 2.75) is 27.2 Å². The van der Waals surface area contributed by atoms with Gasteiger partial charge in [-0.2, -0.15) is 10.2 Å². The Morgan fingerprint density at radius 1 is 1.40 bits per heavy atom. The first-order valence-corrected chi connectivity index (χ1v) is 3.76. The molecule has 0 spiro atoms. The van der Waals surface area contributed by atoms with Gasteiger partial charge in [0.25, 0.3) is 0 Å². The van der Waals surface area contributed by atoms with Gasteiger partial charge in [-0.15, -0.1) is 0 Å². The van der Waals surface area contributed by atoms with Crippen molar-refractivity contribution in [2.75, 3.05) is 13.1 Å². The van der Waals surface area contributed by atoms with E-state index in [1.54, 1.807) is 0 Å². The molecule has 0 radical (unpaired) electrons. The van der Waals surface area contributed by atoms with Crippen LogP contribution in [0.2, 0.25) is 0 Å². The number of allylic oxidation sites excluding steroid dienone is 1. The maximum absolute atomic E-state index is 3.96. The van der Waals surface area contributed by atoms with Crippen LogP contribution in [0.5, 0.6) is 0 Å². The van der Waals surface area contributed by atoms with Crippen LogP contribution in [0.15, 0.2) is 21.9 Å². The van der Waals surface area contributed by atoms with E-state index in [1.807, 2.05) is 13.8 Å². The van der Waals surface area contributed by atoms with Gasteiger partial charge in [0.2, 0.25) is 0 Å². The van der Waals surface area contributed by atoms with Gasteiger partial charge in [0.15, 0.2) is 0 Å². The normalized spacial score (nSPS) is 12.9. The predicted molar refractivity (Wildman–Crippen MR) is 44.3 cm³/mol. The number of hydrogen-bond acceptors (Lipinski definition) is 2. The third-order valence-electron chi connectivity index (χ3n) is 1.34. The van der Waals surface area contributed by atoms with Gasteiger partial charge in [-0.05, 0) is 27.2 Å². The molecule has 58 valence electrons. The molecule has 10 heavy (non-hydrogen) atoms. The highest BCUT2D eigenvalue weighted by atomic mass is 15.1. The topological polar surface area (TPSA) is 24.7 Å². The third-order valence-corrected chi connectivity index (χ3v) is 1.34. The Hall–Kier alpha value is -0.660. The van der Waals surface area contributed by atoms with E-state index < -0.39 is 0 Å². The molecule has 0 saturated carbocycles. The standard InChI is InChI=1S/C8H16N2/c1-4-8(3)6-7-10-9-5-2/h4H,5-7H2,1-3H3. The average Bonchev–Trinajstić information content (AvgIpc) is 1.98. The van der Waals surface area contributed by atoms with E-state index >= 15 is 0 Å². The van der Waals surface area contributed by atoms with Crippen molar-refractivity contribution >= 4 is 0 Å². The van der Waals surface area contributed by atoms with Gasteiger partial charge in [0.05, 0.1) is 13.1 Å². The van der Waals surface area contributed by atoms with Crippen LogP contribution in [0.1, 0.15) is 27.2 Å². The second-order valence-corrected chi connectivity index (χ2v) is 2.21. The molecule has 0 unspecified atom stereocenters. The molecule has 0 rings (SSSR count). The lowest BCUT2D eigenvalue weighted by Gasteiger charge is -1.92. The summed E-state index contributed by atoms with van der Waals surface area (Å²) in [5, 5.41) is 7.84. The molecular formula is C8H16N2. The fraction of sp³-hybridized carbons (Fsp3) is 0.750. The molecule has 0 atom stereocenters. The van der Waals surface area contributed by atoms with E-state index in [-0.39, 0.29) is 0 Å². The minimum Gasteiger partial charge on any atom is -0.194 e. The first kappa shape index (κ1) is 9.34. The molecule has 0 amide bonds. The van der Waals surface area contributed by atoms with Gasteiger partial charge in [-0.1, -0.05) is 11.6 Å². The van der Waals surface area contributed by atoms with E-state index in [9.17, 15) is 0 Å². The second kappa shape index (κ2) is 6.46. The van der Waals surface area contributed by atoms with Crippen molar-refractivity contribution in [2.24, 2.45) is 10.2 Å². The van der Waals surface area contributed by atoms with Crippen molar-refractivity contribution < 1.29 is 0 Å². The summed E-state index contributed by atoms with van der Waals surface area (Å²) in [4.78, 5) is 0. The van der Waals surface area contributed by atoms with Crippen LogP contribution in [0.3, 0.4) is 0 Å². The van der Waals surface area contributed by atoms with Crippen molar-refractivity contribution in [3.63, 3.8) is 0 Å². The minimum atomic E-state index is 0.800. The number of hydrogen-bond donors (Lipinski definition) is 0. The van der Waals surface area contributed by atoms with Crippen LogP contribution in [-0.2, 0) is 0 Å². The zero-order valence-corrected chi connectivity index (χ0v) is 7.09. The smallest absolute Gasteiger partial charge is 0.0635 e. The maximum atomic E-state index is 3.96. The SMILES string of the molecule is CC=C(C)CCN=NCC. The van der Waals surface area contributed by atoms with Crippen LogP contribution in [0.4, 0.5) is 0 Å². The highest BCUT2D eigenvalue weighted by Gasteiger charge is 1.84. The average molecular weight is 140 g/mol. The third kappa shape index (κ3) is 5.48. The molecule has 0 N–H and O–H groups in total. The molecule has 0 fully saturated rings. The molecule has 0 heterocycles. The monoisotopic (exact) mass is 140 g/mol. The highest BCUT2D eigenvalue weighted by Crippen LogP contribution is 1.98. The van der Waals surface area contributed by atoms with Gasteiger partial charge in [0.1, 0.15) is 0 Å². The van der Waals surface area contributed by atoms with E-state index in [4.69, 9.17) is 0 Å². The zero-order valence-electron chi connectivity index (χ0n) is 7.09. The van der Waals surface area contributed by atoms with E-state index in [0.29, 0.717) is 0 Å². The first-order chi connectivity index (χ1) is 4.81. The summed E-state index contributed by atoms with van der Waals surface area (Å²) in [5.74, 6) is 0. The Kier molecular flexibility index (Phi) is 6.03. The summed E-state index contributed by atoms with van der Waals surface area (Å²) < 4.78 is 0. The molecule has 0 aromatic rings. The van der Waals surface area contributed by atoms with Crippen molar-refractivity contribution in [1.82, 2.24) is 0 Å². The summed E-state index contributed by atoms with van der Waals surface area (Å²) in [7, 11) is 0. The predicted octanol–water partition coefficient (Wildman–Crippen LogP) is 2.81. The number of nitrogens with zero attached hydrogens (tertiary/aromatic N) is 2. The summed E-state index contributed by atoms with van der Waals surface area (Å²) in [5.41, 5.74) is 1.38. The fourth-order valence-electron chi connectivity index (χ4n) is 0.541. The van der Waals surface area contributed by atoms with Crippen molar-refractivity contribution in [3.8, 4) is 0 Å². The lowest BCUT2D eigenvalue weighted by atomic mass is 10.2. The maximum Gasteiger partial charge on any atom is 0.0635 e. The molecule has 0 saturated heterocycles. The fourth-order valence-corrected chi connectivity index (χ4v) is 0.541. The van der Waals surface area contributed by atoms with Gasteiger partial charge in [-0.25, -0.2) is 0 Å². The Morgan fingerprint density at radius 2 is 2.10 bits per heavy atom. The number of rotatable bonds is 4. The zero-order chi connectivity index (χ0) is 7.82. The van der Waals surface area contributed by atoms with Gasteiger partial charge >= 0.3 is 0 Å². The molecule has 0 aromatic carbocycles. The molecular weight excluding hydrogens is 124 g/mol. The van der Waals surface area contributed by atoms with Crippen LogP contribution in [0, 0.1) is 0 Å². The second-order valence-electron chi connectivity index (χ2n) is 2.21. The van der Waals surface area contributed by atoms with Crippen LogP contribution >= 0.6 is 0 Å². The Labute approximate surface area is 63.1 Å². The summed E-state index contributed by atoms with van der Waals surface area (Å²) >= 11 is 0.